The first kappa shape index (κ1) is 13.2. The van der Waals surface area contributed by atoms with Crippen LogP contribution in [0, 0.1) is 0 Å². The molecular formula is C13H21NO2. The van der Waals surface area contributed by atoms with E-state index in [9.17, 15) is 5.11 Å². The van der Waals surface area contributed by atoms with Crippen LogP contribution in [0.3, 0.4) is 0 Å². The molecule has 0 amide bonds. The maximum absolute atomic E-state index is 10.3. The second-order valence-electron chi connectivity index (χ2n) is 4.32. The summed E-state index contributed by atoms with van der Waals surface area (Å²) in [5.41, 5.74) is -0.0462. The Morgan fingerprint density at radius 3 is 2.56 bits per heavy atom. The van der Waals surface area contributed by atoms with Gasteiger partial charge in [-0.3, -0.25) is 0 Å². The van der Waals surface area contributed by atoms with Gasteiger partial charge in [0, 0.05) is 6.54 Å². The molecule has 3 nitrogen and oxygen atoms in total. The van der Waals surface area contributed by atoms with Crippen molar-refractivity contribution in [3.8, 4) is 0 Å². The van der Waals surface area contributed by atoms with Crippen LogP contribution in [0.2, 0.25) is 0 Å². The van der Waals surface area contributed by atoms with Crippen LogP contribution in [0.25, 0.3) is 0 Å². The van der Waals surface area contributed by atoms with Crippen molar-refractivity contribution in [1.29, 1.82) is 0 Å². The Morgan fingerprint density at radius 2 is 2.00 bits per heavy atom. The molecule has 3 heteroatoms. The zero-order valence-corrected chi connectivity index (χ0v) is 10.2. The number of benzene rings is 1. The quantitative estimate of drug-likeness (QED) is 0.768. The van der Waals surface area contributed by atoms with E-state index in [4.69, 9.17) is 4.74 Å². The maximum atomic E-state index is 10.3. The van der Waals surface area contributed by atoms with Crippen molar-refractivity contribution in [1.82, 2.24) is 5.32 Å². The van der Waals surface area contributed by atoms with Crippen LogP contribution in [0.4, 0.5) is 0 Å². The summed E-state index contributed by atoms with van der Waals surface area (Å²) in [7, 11) is 1.88. The molecule has 2 atom stereocenters. The van der Waals surface area contributed by atoms with Gasteiger partial charge in [-0.2, -0.15) is 0 Å². The molecule has 0 radical (unpaired) electrons. The Balaban J connectivity index is 2.52. The van der Waals surface area contributed by atoms with E-state index in [1.807, 2.05) is 44.3 Å². The van der Waals surface area contributed by atoms with E-state index in [1.165, 1.54) is 0 Å². The molecule has 90 valence electrons. The summed E-state index contributed by atoms with van der Waals surface area (Å²) in [5, 5.41) is 13.3. The molecular weight excluding hydrogens is 202 g/mol. The summed E-state index contributed by atoms with van der Waals surface area (Å²) in [6, 6.07) is 9.59. The summed E-state index contributed by atoms with van der Waals surface area (Å²) < 4.78 is 5.59. The van der Waals surface area contributed by atoms with E-state index in [0.29, 0.717) is 6.61 Å². The molecule has 1 aromatic rings. The van der Waals surface area contributed by atoms with E-state index in [2.05, 4.69) is 5.32 Å². The Bertz CT molecular complexity index is 298. The first-order valence-corrected chi connectivity index (χ1v) is 5.60. The molecule has 0 spiro atoms. The third-order valence-electron chi connectivity index (χ3n) is 2.54. The molecule has 0 aliphatic heterocycles. The fourth-order valence-electron chi connectivity index (χ4n) is 1.53. The van der Waals surface area contributed by atoms with Gasteiger partial charge in [0.25, 0.3) is 0 Å². The second kappa shape index (κ2) is 5.99. The van der Waals surface area contributed by atoms with E-state index >= 15 is 0 Å². The Kier molecular flexibility index (Phi) is 4.93. The van der Waals surface area contributed by atoms with Gasteiger partial charge < -0.3 is 15.2 Å². The highest BCUT2D eigenvalue weighted by atomic mass is 16.5. The molecule has 0 bridgehead atoms. The van der Waals surface area contributed by atoms with E-state index in [0.717, 1.165) is 12.1 Å². The van der Waals surface area contributed by atoms with Gasteiger partial charge in [-0.25, -0.2) is 0 Å². The minimum atomic E-state index is -0.927. The van der Waals surface area contributed by atoms with Gasteiger partial charge in [0.05, 0.1) is 12.7 Å². The number of likely N-dealkylation sites (N-methyl/N-ethyl adjacent to an activating group) is 1. The predicted molar refractivity (Wildman–Crippen MR) is 65.4 cm³/mol. The van der Waals surface area contributed by atoms with Gasteiger partial charge in [0.1, 0.15) is 5.60 Å². The molecule has 16 heavy (non-hydrogen) atoms. The first-order valence-electron chi connectivity index (χ1n) is 5.60. The molecule has 0 saturated heterocycles. The lowest BCUT2D eigenvalue weighted by Gasteiger charge is -2.25. The zero-order chi connectivity index (χ0) is 12.0. The molecule has 0 fully saturated rings. The van der Waals surface area contributed by atoms with E-state index in [-0.39, 0.29) is 6.10 Å². The highest BCUT2D eigenvalue weighted by Gasteiger charge is 2.23. The average Bonchev–Trinajstić information content (AvgIpc) is 2.28. The Labute approximate surface area is 97.4 Å². The predicted octanol–water partition coefficient (Wildman–Crippen LogP) is 1.52. The molecule has 1 rings (SSSR count). The number of aliphatic hydroxyl groups is 1. The maximum Gasteiger partial charge on any atom is 0.110 e. The van der Waals surface area contributed by atoms with Crippen molar-refractivity contribution in [2.24, 2.45) is 0 Å². The fraction of sp³-hybridized carbons (Fsp3) is 0.538. The van der Waals surface area contributed by atoms with Gasteiger partial charge in [-0.1, -0.05) is 30.3 Å². The van der Waals surface area contributed by atoms with Gasteiger partial charge in [0.15, 0.2) is 0 Å². The summed E-state index contributed by atoms with van der Waals surface area (Å²) in [6.45, 7) is 4.84. The monoisotopic (exact) mass is 223 g/mol. The summed E-state index contributed by atoms with van der Waals surface area (Å²) in [4.78, 5) is 0. The first-order chi connectivity index (χ1) is 7.56. The van der Waals surface area contributed by atoms with Crippen molar-refractivity contribution in [2.45, 2.75) is 25.6 Å². The average molecular weight is 223 g/mol. The van der Waals surface area contributed by atoms with E-state index in [1.54, 1.807) is 6.92 Å². The summed E-state index contributed by atoms with van der Waals surface area (Å²) in [6.07, 6.45) is 0.0974. The molecule has 0 aromatic heterocycles. The third-order valence-corrected chi connectivity index (χ3v) is 2.54. The number of hydrogen-bond acceptors (Lipinski definition) is 3. The number of rotatable bonds is 6. The lowest BCUT2D eigenvalue weighted by atomic mass is 9.97. The summed E-state index contributed by atoms with van der Waals surface area (Å²) >= 11 is 0. The molecule has 2 N–H and O–H groups in total. The van der Waals surface area contributed by atoms with Crippen molar-refractivity contribution < 1.29 is 9.84 Å². The topological polar surface area (TPSA) is 41.5 Å². The van der Waals surface area contributed by atoms with Crippen LogP contribution in [0.1, 0.15) is 19.4 Å². The summed E-state index contributed by atoms with van der Waals surface area (Å²) in [5.74, 6) is 0. The van der Waals surface area contributed by atoms with E-state index < -0.39 is 5.60 Å². The largest absolute Gasteiger partial charge is 0.383 e. The lowest BCUT2D eigenvalue weighted by Crippen LogP contribution is -2.33. The highest BCUT2D eigenvalue weighted by Crippen LogP contribution is 2.20. The minimum Gasteiger partial charge on any atom is -0.383 e. The van der Waals surface area contributed by atoms with Crippen LogP contribution < -0.4 is 5.32 Å². The minimum absolute atomic E-state index is 0.0974. The molecule has 1 aromatic carbocycles. The highest BCUT2D eigenvalue weighted by molar-refractivity contribution is 5.21. The Hall–Kier alpha value is -0.900. The molecule has 0 aliphatic carbocycles. The van der Waals surface area contributed by atoms with Crippen molar-refractivity contribution in [3.63, 3.8) is 0 Å². The van der Waals surface area contributed by atoms with Crippen LogP contribution in [-0.2, 0) is 10.3 Å². The number of hydrogen-bond donors (Lipinski definition) is 2. The number of nitrogens with one attached hydrogen (secondary N) is 1. The third kappa shape index (κ3) is 3.93. The zero-order valence-electron chi connectivity index (χ0n) is 10.2. The van der Waals surface area contributed by atoms with Crippen LogP contribution >= 0.6 is 0 Å². The Morgan fingerprint density at radius 1 is 1.38 bits per heavy atom. The van der Waals surface area contributed by atoms with Crippen LogP contribution in [0.5, 0.6) is 0 Å². The fourth-order valence-corrected chi connectivity index (χ4v) is 1.53. The smallest absolute Gasteiger partial charge is 0.110 e. The van der Waals surface area contributed by atoms with Gasteiger partial charge >= 0.3 is 0 Å². The molecule has 0 heterocycles. The van der Waals surface area contributed by atoms with Crippen LogP contribution in [-0.4, -0.2) is 31.4 Å². The normalized spacial score (nSPS) is 16.8. The van der Waals surface area contributed by atoms with Crippen LogP contribution in [0.15, 0.2) is 30.3 Å². The molecule has 0 saturated carbocycles. The van der Waals surface area contributed by atoms with Gasteiger partial charge in [0.2, 0.25) is 0 Å². The van der Waals surface area contributed by atoms with Crippen molar-refractivity contribution >= 4 is 0 Å². The van der Waals surface area contributed by atoms with Gasteiger partial charge in [-0.15, -0.1) is 0 Å². The second-order valence-corrected chi connectivity index (χ2v) is 4.32. The van der Waals surface area contributed by atoms with Gasteiger partial charge in [-0.05, 0) is 26.5 Å². The molecule has 2 unspecified atom stereocenters. The SMILES string of the molecule is CNCC(C)OCC(C)(O)c1ccccc1. The van der Waals surface area contributed by atoms with Crippen molar-refractivity contribution in [2.75, 3.05) is 20.2 Å². The number of ether oxygens (including phenoxy) is 1. The lowest BCUT2D eigenvalue weighted by molar-refractivity contribution is -0.0610. The van der Waals surface area contributed by atoms with Crippen molar-refractivity contribution in [3.05, 3.63) is 35.9 Å². The standard InChI is InChI=1S/C13H21NO2/c1-11(9-14-3)16-10-13(2,15)12-7-5-4-6-8-12/h4-8,11,14-15H,9-10H2,1-3H3. The molecule has 0 aliphatic rings.